The van der Waals surface area contributed by atoms with Crippen LogP contribution in [-0.4, -0.2) is 15.1 Å². The average Bonchev–Trinajstić information content (AvgIpc) is 2.57. The van der Waals surface area contributed by atoms with E-state index in [0.717, 1.165) is 41.3 Å². The minimum atomic E-state index is -0.00131. The van der Waals surface area contributed by atoms with Crippen molar-refractivity contribution in [1.82, 2.24) is 9.38 Å². The minimum absolute atomic E-state index is 0.00131. The highest BCUT2D eigenvalue weighted by Gasteiger charge is 2.04. The highest BCUT2D eigenvalue weighted by atomic mass is 32.2. The predicted molar refractivity (Wildman–Crippen MR) is 97.1 cm³/mol. The Balaban J connectivity index is 1.57. The Kier molecular flexibility index (Phi) is 5.13. The summed E-state index contributed by atoms with van der Waals surface area (Å²) < 4.78 is 1.61. The van der Waals surface area contributed by atoms with Crippen molar-refractivity contribution in [3.63, 3.8) is 0 Å². The van der Waals surface area contributed by atoms with Gasteiger partial charge in [0.25, 0.3) is 5.56 Å². The summed E-state index contributed by atoms with van der Waals surface area (Å²) in [6, 6.07) is 16.1. The summed E-state index contributed by atoms with van der Waals surface area (Å²) in [6.45, 7) is 1.98. The molecular weight excluding hydrogens is 304 g/mol. The fraction of sp³-hybridized carbons (Fsp3) is 0.263. The highest BCUT2D eigenvalue weighted by molar-refractivity contribution is 7.98. The second-order valence-electron chi connectivity index (χ2n) is 5.61. The van der Waals surface area contributed by atoms with Crippen LogP contribution in [0, 0.1) is 6.92 Å². The lowest BCUT2D eigenvalue weighted by Gasteiger charge is -2.06. The van der Waals surface area contributed by atoms with Crippen molar-refractivity contribution < 1.29 is 0 Å². The van der Waals surface area contributed by atoms with Crippen LogP contribution in [0.1, 0.15) is 23.2 Å². The Morgan fingerprint density at radius 3 is 2.78 bits per heavy atom. The maximum atomic E-state index is 12.1. The molecule has 3 rings (SSSR count). The molecular formula is C19H20N2OS. The third kappa shape index (κ3) is 4.02. The molecule has 0 unspecified atom stereocenters. The van der Waals surface area contributed by atoms with E-state index >= 15 is 0 Å². The first kappa shape index (κ1) is 15.8. The van der Waals surface area contributed by atoms with Gasteiger partial charge in [-0.05, 0) is 42.7 Å². The smallest absolute Gasteiger partial charge is 0.258 e. The van der Waals surface area contributed by atoms with Gasteiger partial charge in [-0.25, -0.2) is 4.98 Å². The minimum Gasteiger partial charge on any atom is -0.269 e. The first-order valence-corrected chi connectivity index (χ1v) is 8.99. The first-order valence-electron chi connectivity index (χ1n) is 7.83. The van der Waals surface area contributed by atoms with Gasteiger partial charge in [0, 0.05) is 18.0 Å². The normalized spacial score (nSPS) is 11.0. The van der Waals surface area contributed by atoms with E-state index in [9.17, 15) is 4.79 Å². The number of fused-ring (bicyclic) bond motifs is 1. The second-order valence-corrected chi connectivity index (χ2v) is 6.72. The molecule has 0 bridgehead atoms. The zero-order valence-electron chi connectivity index (χ0n) is 13.2. The molecule has 23 heavy (non-hydrogen) atoms. The Morgan fingerprint density at radius 2 is 1.96 bits per heavy atom. The number of pyridine rings is 1. The SMILES string of the molecule is Cc1cccn2c(=O)cc(CSCCCc3ccccc3)nc12. The summed E-state index contributed by atoms with van der Waals surface area (Å²) in [6.07, 6.45) is 4.01. The molecule has 2 heterocycles. The van der Waals surface area contributed by atoms with Crippen LogP contribution in [0.5, 0.6) is 0 Å². The number of aryl methyl sites for hydroxylation is 2. The molecule has 4 heteroatoms. The molecule has 0 aliphatic carbocycles. The molecule has 0 aliphatic rings. The molecule has 2 aromatic heterocycles. The third-order valence-corrected chi connectivity index (χ3v) is 4.86. The van der Waals surface area contributed by atoms with E-state index in [1.54, 1.807) is 16.7 Å². The first-order chi connectivity index (χ1) is 11.2. The van der Waals surface area contributed by atoms with Crippen molar-refractivity contribution in [1.29, 1.82) is 0 Å². The zero-order valence-corrected chi connectivity index (χ0v) is 14.1. The topological polar surface area (TPSA) is 34.4 Å². The van der Waals surface area contributed by atoms with Crippen molar-refractivity contribution in [2.24, 2.45) is 0 Å². The van der Waals surface area contributed by atoms with Gasteiger partial charge in [0.15, 0.2) is 0 Å². The third-order valence-electron chi connectivity index (χ3n) is 3.79. The molecule has 0 atom stereocenters. The van der Waals surface area contributed by atoms with Gasteiger partial charge in [-0.2, -0.15) is 11.8 Å². The summed E-state index contributed by atoms with van der Waals surface area (Å²) in [5, 5.41) is 0. The van der Waals surface area contributed by atoms with E-state index in [1.807, 2.05) is 36.9 Å². The maximum absolute atomic E-state index is 12.1. The number of aromatic nitrogens is 2. The number of hydrogen-bond donors (Lipinski definition) is 0. The molecule has 3 nitrogen and oxygen atoms in total. The van der Waals surface area contributed by atoms with Crippen LogP contribution in [0.3, 0.4) is 0 Å². The fourth-order valence-corrected chi connectivity index (χ4v) is 3.43. The predicted octanol–water partition coefficient (Wildman–Crippen LogP) is 3.87. The van der Waals surface area contributed by atoms with Gasteiger partial charge < -0.3 is 0 Å². The maximum Gasteiger partial charge on any atom is 0.258 e. The van der Waals surface area contributed by atoms with Gasteiger partial charge in [-0.15, -0.1) is 0 Å². The summed E-state index contributed by atoms with van der Waals surface area (Å²) in [5.41, 5.74) is 4.04. The standard InChI is InChI=1S/C19H20N2OS/c1-15-7-5-11-21-18(22)13-17(20-19(15)21)14-23-12-6-10-16-8-3-2-4-9-16/h2-5,7-9,11,13H,6,10,12,14H2,1H3. The van der Waals surface area contributed by atoms with Crippen LogP contribution in [-0.2, 0) is 12.2 Å². The molecule has 0 saturated carbocycles. The van der Waals surface area contributed by atoms with Gasteiger partial charge in [-0.3, -0.25) is 9.20 Å². The molecule has 118 valence electrons. The number of rotatable bonds is 6. The van der Waals surface area contributed by atoms with Crippen LogP contribution in [0.25, 0.3) is 5.65 Å². The summed E-state index contributed by atoms with van der Waals surface area (Å²) >= 11 is 1.84. The number of benzene rings is 1. The Bertz CT molecular complexity index is 843. The number of thioether (sulfide) groups is 1. The molecule has 0 amide bonds. The van der Waals surface area contributed by atoms with Crippen LogP contribution in [0.4, 0.5) is 0 Å². The lowest BCUT2D eigenvalue weighted by atomic mass is 10.1. The molecule has 0 fully saturated rings. The van der Waals surface area contributed by atoms with E-state index in [4.69, 9.17) is 0 Å². The van der Waals surface area contributed by atoms with E-state index in [2.05, 4.69) is 29.2 Å². The Labute approximate surface area is 140 Å². The van der Waals surface area contributed by atoms with E-state index in [0.29, 0.717) is 0 Å². The van der Waals surface area contributed by atoms with E-state index in [-0.39, 0.29) is 5.56 Å². The molecule has 3 aromatic rings. The molecule has 0 spiro atoms. The van der Waals surface area contributed by atoms with Crippen LogP contribution < -0.4 is 5.56 Å². The van der Waals surface area contributed by atoms with Crippen molar-refractivity contribution >= 4 is 17.4 Å². The summed E-state index contributed by atoms with van der Waals surface area (Å²) in [7, 11) is 0. The molecule has 0 saturated heterocycles. The van der Waals surface area contributed by atoms with Crippen LogP contribution >= 0.6 is 11.8 Å². The number of hydrogen-bond acceptors (Lipinski definition) is 3. The summed E-state index contributed by atoms with van der Waals surface area (Å²) in [5.74, 6) is 1.86. The molecule has 0 radical (unpaired) electrons. The van der Waals surface area contributed by atoms with Crippen LogP contribution in [0.15, 0.2) is 59.5 Å². The lowest BCUT2D eigenvalue weighted by molar-refractivity contribution is 0.931. The largest absolute Gasteiger partial charge is 0.269 e. The van der Waals surface area contributed by atoms with Crippen molar-refractivity contribution in [3.05, 3.63) is 81.9 Å². The monoisotopic (exact) mass is 324 g/mol. The Hall–Kier alpha value is -2.07. The van der Waals surface area contributed by atoms with Crippen molar-refractivity contribution in [3.8, 4) is 0 Å². The van der Waals surface area contributed by atoms with Crippen LogP contribution in [0.2, 0.25) is 0 Å². The highest BCUT2D eigenvalue weighted by Crippen LogP contribution is 2.14. The fourth-order valence-electron chi connectivity index (χ4n) is 2.58. The van der Waals surface area contributed by atoms with Crippen molar-refractivity contribution in [2.75, 3.05) is 5.75 Å². The second kappa shape index (κ2) is 7.47. The molecule has 1 aromatic carbocycles. The quantitative estimate of drug-likeness (QED) is 0.646. The van der Waals surface area contributed by atoms with Gasteiger partial charge in [0.05, 0.1) is 5.69 Å². The summed E-state index contributed by atoms with van der Waals surface area (Å²) in [4.78, 5) is 16.8. The van der Waals surface area contributed by atoms with Gasteiger partial charge in [0.1, 0.15) is 5.65 Å². The van der Waals surface area contributed by atoms with Crippen molar-refractivity contribution in [2.45, 2.75) is 25.5 Å². The molecule has 0 N–H and O–H groups in total. The van der Waals surface area contributed by atoms with Gasteiger partial charge in [0.2, 0.25) is 0 Å². The van der Waals surface area contributed by atoms with Gasteiger partial charge in [-0.1, -0.05) is 36.4 Å². The zero-order chi connectivity index (χ0) is 16.1. The van der Waals surface area contributed by atoms with E-state index < -0.39 is 0 Å². The van der Waals surface area contributed by atoms with Gasteiger partial charge >= 0.3 is 0 Å². The lowest BCUT2D eigenvalue weighted by Crippen LogP contribution is -2.15. The molecule has 0 aliphatic heterocycles. The average molecular weight is 324 g/mol. The Morgan fingerprint density at radius 1 is 1.13 bits per heavy atom. The van der Waals surface area contributed by atoms with E-state index in [1.165, 1.54) is 5.56 Å². The number of nitrogens with zero attached hydrogens (tertiary/aromatic N) is 2.